The molecular formula is C16H17NO3. The van der Waals surface area contributed by atoms with Gasteiger partial charge in [-0.25, -0.2) is 0 Å². The molecule has 0 unspecified atom stereocenters. The highest BCUT2D eigenvalue weighted by Gasteiger charge is 2.11. The molecule has 1 heterocycles. The quantitative estimate of drug-likeness (QED) is 0.785. The number of aromatic nitrogens is 1. The molecule has 104 valence electrons. The smallest absolute Gasteiger partial charge is 0.310 e. The Morgan fingerprint density at radius 2 is 2.10 bits per heavy atom. The van der Waals surface area contributed by atoms with Crippen LogP contribution in [0, 0.1) is 0 Å². The molecule has 0 aliphatic rings. The van der Waals surface area contributed by atoms with Crippen LogP contribution in [0.15, 0.2) is 42.6 Å². The first kappa shape index (κ1) is 14.1. The minimum Gasteiger partial charge on any atom is -0.496 e. The molecule has 0 spiro atoms. The number of ether oxygens (including phenoxy) is 2. The minimum atomic E-state index is -0.260. The molecule has 20 heavy (non-hydrogen) atoms. The van der Waals surface area contributed by atoms with Crippen LogP contribution in [0.1, 0.15) is 12.5 Å². The third kappa shape index (κ3) is 3.35. The van der Waals surface area contributed by atoms with Crippen LogP contribution in [0.3, 0.4) is 0 Å². The summed E-state index contributed by atoms with van der Waals surface area (Å²) in [7, 11) is 1.59. The van der Waals surface area contributed by atoms with Gasteiger partial charge in [0.2, 0.25) is 0 Å². The molecule has 0 radical (unpaired) electrons. The lowest BCUT2D eigenvalue weighted by atomic mass is 10.0. The lowest BCUT2D eigenvalue weighted by molar-refractivity contribution is -0.142. The van der Waals surface area contributed by atoms with Crippen LogP contribution in [-0.2, 0) is 16.0 Å². The Balaban J connectivity index is 2.31. The summed E-state index contributed by atoms with van der Waals surface area (Å²) < 4.78 is 10.3. The number of carbonyl (C=O) groups excluding carboxylic acids is 1. The van der Waals surface area contributed by atoms with Crippen LogP contribution in [0.4, 0.5) is 0 Å². The molecule has 0 saturated heterocycles. The van der Waals surface area contributed by atoms with E-state index in [2.05, 4.69) is 4.98 Å². The minimum absolute atomic E-state index is 0.192. The lowest BCUT2D eigenvalue weighted by Crippen LogP contribution is -2.08. The predicted molar refractivity (Wildman–Crippen MR) is 76.6 cm³/mol. The van der Waals surface area contributed by atoms with Gasteiger partial charge in [-0.1, -0.05) is 6.07 Å². The normalized spacial score (nSPS) is 10.1. The van der Waals surface area contributed by atoms with E-state index in [1.54, 1.807) is 20.2 Å². The van der Waals surface area contributed by atoms with Crippen LogP contribution in [-0.4, -0.2) is 24.7 Å². The summed E-state index contributed by atoms with van der Waals surface area (Å²) >= 11 is 0. The summed E-state index contributed by atoms with van der Waals surface area (Å²) in [5, 5.41) is 0. The molecule has 0 fully saturated rings. The maximum absolute atomic E-state index is 11.6. The van der Waals surface area contributed by atoms with Crippen molar-refractivity contribution in [1.29, 1.82) is 0 Å². The Morgan fingerprint density at radius 1 is 1.25 bits per heavy atom. The molecule has 0 aliphatic heterocycles. The molecule has 4 nitrogen and oxygen atoms in total. The van der Waals surface area contributed by atoms with Gasteiger partial charge in [0.25, 0.3) is 0 Å². The molecule has 1 aromatic heterocycles. The molecular weight excluding hydrogens is 254 g/mol. The topological polar surface area (TPSA) is 48.4 Å². The molecule has 4 heteroatoms. The zero-order chi connectivity index (χ0) is 14.4. The Hall–Kier alpha value is -2.36. The third-order valence-electron chi connectivity index (χ3n) is 2.88. The summed E-state index contributed by atoms with van der Waals surface area (Å²) in [6, 6.07) is 11.4. The van der Waals surface area contributed by atoms with Gasteiger partial charge in [-0.2, -0.15) is 0 Å². The first-order chi connectivity index (χ1) is 9.74. The van der Waals surface area contributed by atoms with Crippen LogP contribution in [0.5, 0.6) is 5.75 Å². The van der Waals surface area contributed by atoms with Crippen molar-refractivity contribution in [3.05, 3.63) is 48.2 Å². The number of esters is 1. The SMILES string of the molecule is CCOC(=O)Cc1cc(-c2ccccn2)ccc1OC. The van der Waals surface area contributed by atoms with E-state index in [0.29, 0.717) is 12.4 Å². The second kappa shape index (κ2) is 6.70. The van der Waals surface area contributed by atoms with Gasteiger partial charge in [0.15, 0.2) is 0 Å². The van der Waals surface area contributed by atoms with Crippen molar-refractivity contribution in [2.45, 2.75) is 13.3 Å². The summed E-state index contributed by atoms with van der Waals surface area (Å²) in [5.74, 6) is 0.418. The summed E-state index contributed by atoms with van der Waals surface area (Å²) in [6.07, 6.45) is 1.93. The number of benzene rings is 1. The number of rotatable bonds is 5. The van der Waals surface area contributed by atoms with Crippen molar-refractivity contribution in [3.63, 3.8) is 0 Å². The van der Waals surface area contributed by atoms with Crippen molar-refractivity contribution >= 4 is 5.97 Å². The van der Waals surface area contributed by atoms with Gasteiger partial charge < -0.3 is 9.47 Å². The lowest BCUT2D eigenvalue weighted by Gasteiger charge is -2.10. The molecule has 1 aromatic carbocycles. The first-order valence-corrected chi connectivity index (χ1v) is 6.48. The van der Waals surface area contributed by atoms with Crippen molar-refractivity contribution in [2.24, 2.45) is 0 Å². The summed E-state index contributed by atoms with van der Waals surface area (Å²) in [5.41, 5.74) is 2.61. The fraction of sp³-hybridized carbons (Fsp3) is 0.250. The second-order valence-corrected chi connectivity index (χ2v) is 4.22. The summed E-state index contributed by atoms with van der Waals surface area (Å²) in [4.78, 5) is 15.9. The van der Waals surface area contributed by atoms with Gasteiger partial charge in [-0.05, 0) is 37.3 Å². The summed E-state index contributed by atoms with van der Waals surface area (Å²) in [6.45, 7) is 2.17. The van der Waals surface area contributed by atoms with Crippen LogP contribution in [0.2, 0.25) is 0 Å². The Bertz CT molecular complexity index is 582. The maximum atomic E-state index is 11.6. The Labute approximate surface area is 118 Å². The number of methoxy groups -OCH3 is 1. The van der Waals surface area contributed by atoms with E-state index in [4.69, 9.17) is 9.47 Å². The molecule has 0 N–H and O–H groups in total. The first-order valence-electron chi connectivity index (χ1n) is 6.48. The number of hydrogen-bond acceptors (Lipinski definition) is 4. The number of carbonyl (C=O) groups is 1. The van der Waals surface area contributed by atoms with E-state index in [9.17, 15) is 4.79 Å². The number of hydrogen-bond donors (Lipinski definition) is 0. The van der Waals surface area contributed by atoms with Crippen LogP contribution >= 0.6 is 0 Å². The molecule has 0 amide bonds. The van der Waals surface area contributed by atoms with E-state index >= 15 is 0 Å². The molecule has 0 saturated carbocycles. The van der Waals surface area contributed by atoms with E-state index in [-0.39, 0.29) is 12.4 Å². The van der Waals surface area contributed by atoms with Crippen LogP contribution < -0.4 is 4.74 Å². The van der Waals surface area contributed by atoms with Gasteiger partial charge in [0.05, 0.1) is 25.8 Å². The van der Waals surface area contributed by atoms with Crippen molar-refractivity contribution in [3.8, 4) is 17.0 Å². The molecule has 0 atom stereocenters. The molecule has 2 rings (SSSR count). The fourth-order valence-electron chi connectivity index (χ4n) is 1.98. The zero-order valence-corrected chi connectivity index (χ0v) is 11.6. The maximum Gasteiger partial charge on any atom is 0.310 e. The third-order valence-corrected chi connectivity index (χ3v) is 2.88. The molecule has 0 bridgehead atoms. The highest BCUT2D eigenvalue weighted by atomic mass is 16.5. The molecule has 2 aromatic rings. The van der Waals surface area contributed by atoms with Crippen molar-refractivity contribution in [2.75, 3.05) is 13.7 Å². The van der Waals surface area contributed by atoms with E-state index in [1.807, 2.05) is 36.4 Å². The monoisotopic (exact) mass is 271 g/mol. The fourth-order valence-corrected chi connectivity index (χ4v) is 1.98. The van der Waals surface area contributed by atoms with Gasteiger partial charge in [0, 0.05) is 17.3 Å². The standard InChI is InChI=1S/C16H17NO3/c1-3-20-16(18)11-13-10-12(7-8-15(13)19-2)14-6-4-5-9-17-14/h4-10H,3,11H2,1-2H3. The van der Waals surface area contributed by atoms with Crippen molar-refractivity contribution < 1.29 is 14.3 Å². The van der Waals surface area contributed by atoms with E-state index < -0.39 is 0 Å². The number of nitrogens with zero attached hydrogens (tertiary/aromatic N) is 1. The van der Waals surface area contributed by atoms with Gasteiger partial charge in [0.1, 0.15) is 5.75 Å². The number of pyridine rings is 1. The Kier molecular flexibility index (Phi) is 4.71. The van der Waals surface area contributed by atoms with E-state index in [0.717, 1.165) is 16.8 Å². The van der Waals surface area contributed by atoms with Gasteiger partial charge >= 0.3 is 5.97 Å². The largest absolute Gasteiger partial charge is 0.496 e. The van der Waals surface area contributed by atoms with Crippen molar-refractivity contribution in [1.82, 2.24) is 4.98 Å². The second-order valence-electron chi connectivity index (χ2n) is 4.22. The van der Waals surface area contributed by atoms with Gasteiger partial charge in [-0.3, -0.25) is 9.78 Å². The predicted octanol–water partition coefficient (Wildman–Crippen LogP) is 2.86. The van der Waals surface area contributed by atoms with Gasteiger partial charge in [-0.15, -0.1) is 0 Å². The highest BCUT2D eigenvalue weighted by molar-refractivity contribution is 5.75. The highest BCUT2D eigenvalue weighted by Crippen LogP contribution is 2.26. The Morgan fingerprint density at radius 3 is 2.75 bits per heavy atom. The molecule has 0 aliphatic carbocycles. The average Bonchev–Trinajstić information content (AvgIpc) is 2.48. The van der Waals surface area contributed by atoms with E-state index in [1.165, 1.54) is 0 Å². The zero-order valence-electron chi connectivity index (χ0n) is 11.6. The average molecular weight is 271 g/mol. The van der Waals surface area contributed by atoms with Crippen LogP contribution in [0.25, 0.3) is 11.3 Å².